The third kappa shape index (κ3) is 2.14. The Labute approximate surface area is 112 Å². The molecule has 1 heterocycles. The van der Waals surface area contributed by atoms with Gasteiger partial charge >= 0.3 is 0 Å². The Morgan fingerprint density at radius 1 is 1.37 bits per heavy atom. The molecule has 3 rings (SSSR count). The van der Waals surface area contributed by atoms with Crippen LogP contribution in [-0.4, -0.2) is 23.2 Å². The Hall–Kier alpha value is -1.75. The summed E-state index contributed by atoms with van der Waals surface area (Å²) in [4.78, 5) is 11.4. The first kappa shape index (κ1) is 12.3. The summed E-state index contributed by atoms with van der Waals surface area (Å²) in [5.74, 6) is 0.00397. The maximum atomic E-state index is 11.4. The van der Waals surface area contributed by atoms with Crippen LogP contribution < -0.4 is 16.4 Å². The van der Waals surface area contributed by atoms with Crippen molar-refractivity contribution in [1.82, 2.24) is 0 Å². The van der Waals surface area contributed by atoms with Crippen molar-refractivity contribution in [3.05, 3.63) is 17.7 Å². The number of anilines is 3. The van der Waals surface area contributed by atoms with Crippen LogP contribution >= 0.6 is 0 Å². The Bertz CT molecular complexity index is 522. The van der Waals surface area contributed by atoms with E-state index >= 15 is 0 Å². The molecule has 1 saturated carbocycles. The van der Waals surface area contributed by atoms with Crippen LogP contribution in [0, 0.1) is 0 Å². The Balaban J connectivity index is 1.89. The zero-order valence-corrected chi connectivity index (χ0v) is 10.8. The second-order valence-corrected chi connectivity index (χ2v) is 5.59. The third-order valence-electron chi connectivity index (χ3n) is 4.16. The minimum Gasteiger partial charge on any atom is -0.397 e. The monoisotopic (exact) mass is 261 g/mol. The Morgan fingerprint density at radius 2 is 2.11 bits per heavy atom. The molecule has 2 aliphatic rings. The van der Waals surface area contributed by atoms with E-state index in [2.05, 4.69) is 10.6 Å². The minimum absolute atomic E-state index is 0.00397. The summed E-state index contributed by atoms with van der Waals surface area (Å²) in [5.41, 5.74) is 8.99. The van der Waals surface area contributed by atoms with Crippen molar-refractivity contribution in [1.29, 1.82) is 0 Å². The average Bonchev–Trinajstić information content (AvgIpc) is 2.96. The zero-order valence-electron chi connectivity index (χ0n) is 10.8. The van der Waals surface area contributed by atoms with Crippen LogP contribution in [0.25, 0.3) is 0 Å². The number of aliphatic hydroxyl groups excluding tert-OH is 1. The summed E-state index contributed by atoms with van der Waals surface area (Å²) in [6.45, 7) is 0.107. The van der Waals surface area contributed by atoms with Crippen LogP contribution in [-0.2, 0) is 11.2 Å². The average molecular weight is 261 g/mol. The number of hydrogen-bond acceptors (Lipinski definition) is 4. The largest absolute Gasteiger partial charge is 0.397 e. The maximum Gasteiger partial charge on any atom is 0.228 e. The van der Waals surface area contributed by atoms with Gasteiger partial charge in [0.15, 0.2) is 0 Å². The number of amides is 1. The summed E-state index contributed by atoms with van der Waals surface area (Å²) in [5, 5.41) is 15.8. The fourth-order valence-corrected chi connectivity index (χ4v) is 3.06. The number of carbonyl (C=O) groups is 1. The molecule has 102 valence electrons. The van der Waals surface area contributed by atoms with E-state index < -0.39 is 0 Å². The van der Waals surface area contributed by atoms with E-state index in [4.69, 9.17) is 5.73 Å². The molecule has 5 nitrogen and oxygen atoms in total. The van der Waals surface area contributed by atoms with Crippen molar-refractivity contribution in [3.63, 3.8) is 0 Å². The van der Waals surface area contributed by atoms with Crippen molar-refractivity contribution in [3.8, 4) is 0 Å². The Morgan fingerprint density at radius 3 is 2.79 bits per heavy atom. The summed E-state index contributed by atoms with van der Waals surface area (Å²) in [7, 11) is 0. The fraction of sp³-hybridized carbons (Fsp3) is 0.500. The lowest BCUT2D eigenvalue weighted by Gasteiger charge is -2.30. The number of carbonyl (C=O) groups excluding carboxylic acids is 1. The molecule has 1 aromatic rings. The summed E-state index contributed by atoms with van der Waals surface area (Å²) in [6, 6.07) is 3.72. The predicted octanol–water partition coefficient (Wildman–Crippen LogP) is 1.48. The molecule has 0 aromatic heterocycles. The minimum atomic E-state index is -0.259. The number of hydrogen-bond donors (Lipinski definition) is 4. The van der Waals surface area contributed by atoms with Gasteiger partial charge in [0, 0.05) is 5.69 Å². The highest BCUT2D eigenvalue weighted by atomic mass is 16.3. The van der Waals surface area contributed by atoms with Gasteiger partial charge in [0.25, 0.3) is 0 Å². The van der Waals surface area contributed by atoms with Crippen LogP contribution in [0.2, 0.25) is 0 Å². The van der Waals surface area contributed by atoms with Crippen molar-refractivity contribution in [2.75, 3.05) is 23.0 Å². The van der Waals surface area contributed by atoms with Crippen LogP contribution in [0.15, 0.2) is 12.1 Å². The van der Waals surface area contributed by atoms with Gasteiger partial charge < -0.3 is 21.5 Å². The van der Waals surface area contributed by atoms with E-state index in [-0.39, 0.29) is 18.1 Å². The topological polar surface area (TPSA) is 87.4 Å². The van der Waals surface area contributed by atoms with E-state index in [0.29, 0.717) is 12.1 Å². The molecule has 1 aromatic carbocycles. The van der Waals surface area contributed by atoms with E-state index in [1.807, 2.05) is 12.1 Å². The lowest BCUT2D eigenvalue weighted by atomic mass is 9.97. The van der Waals surface area contributed by atoms with Crippen molar-refractivity contribution in [2.24, 2.45) is 0 Å². The molecular formula is C14H19N3O2. The molecule has 5 heteroatoms. The molecule has 0 unspecified atom stereocenters. The van der Waals surface area contributed by atoms with Crippen molar-refractivity contribution in [2.45, 2.75) is 37.6 Å². The van der Waals surface area contributed by atoms with Gasteiger partial charge in [-0.3, -0.25) is 4.79 Å². The van der Waals surface area contributed by atoms with Gasteiger partial charge in [-0.2, -0.15) is 0 Å². The van der Waals surface area contributed by atoms with Gasteiger partial charge in [-0.05, 0) is 30.5 Å². The fourth-order valence-electron chi connectivity index (χ4n) is 3.06. The van der Waals surface area contributed by atoms with Crippen LogP contribution in [0.1, 0.15) is 31.2 Å². The smallest absolute Gasteiger partial charge is 0.228 e. The highest BCUT2D eigenvalue weighted by Gasteiger charge is 2.33. The van der Waals surface area contributed by atoms with Gasteiger partial charge in [0.05, 0.1) is 29.9 Å². The van der Waals surface area contributed by atoms with Crippen LogP contribution in [0.5, 0.6) is 0 Å². The molecule has 19 heavy (non-hydrogen) atoms. The van der Waals surface area contributed by atoms with Crippen molar-refractivity contribution < 1.29 is 9.90 Å². The predicted molar refractivity (Wildman–Crippen MR) is 75.1 cm³/mol. The highest BCUT2D eigenvalue weighted by molar-refractivity contribution is 6.00. The molecule has 0 bridgehead atoms. The molecule has 0 saturated heterocycles. The lowest BCUT2D eigenvalue weighted by molar-refractivity contribution is -0.115. The summed E-state index contributed by atoms with van der Waals surface area (Å²) in [6.07, 6.45) is 4.54. The molecule has 0 radical (unpaired) electrons. The maximum absolute atomic E-state index is 11.4. The number of nitrogens with two attached hydrogens (primary N) is 1. The van der Waals surface area contributed by atoms with E-state index in [1.54, 1.807) is 0 Å². The SMILES string of the molecule is Nc1cc2c(cc1NC1(CO)CCCC1)NC(=O)C2. The molecular weight excluding hydrogens is 242 g/mol. The number of fused-ring (bicyclic) bond motifs is 1. The van der Waals surface area contributed by atoms with Crippen LogP contribution in [0.3, 0.4) is 0 Å². The zero-order chi connectivity index (χ0) is 13.5. The number of rotatable bonds is 3. The number of benzene rings is 1. The van der Waals surface area contributed by atoms with Gasteiger partial charge in [0.1, 0.15) is 0 Å². The van der Waals surface area contributed by atoms with Gasteiger partial charge in [-0.15, -0.1) is 0 Å². The molecule has 0 spiro atoms. The summed E-state index contributed by atoms with van der Waals surface area (Å²) >= 11 is 0. The normalized spacial score (nSPS) is 20.2. The molecule has 1 aliphatic heterocycles. The molecule has 0 atom stereocenters. The van der Waals surface area contributed by atoms with Crippen LogP contribution in [0.4, 0.5) is 17.1 Å². The number of nitrogen functional groups attached to an aromatic ring is 1. The third-order valence-corrected chi connectivity index (χ3v) is 4.16. The highest BCUT2D eigenvalue weighted by Crippen LogP contribution is 2.37. The first-order chi connectivity index (χ1) is 9.12. The molecule has 5 N–H and O–H groups in total. The van der Waals surface area contributed by atoms with E-state index in [1.165, 1.54) is 0 Å². The second kappa shape index (κ2) is 4.42. The quantitative estimate of drug-likeness (QED) is 0.621. The van der Waals surface area contributed by atoms with E-state index in [9.17, 15) is 9.90 Å². The number of nitrogens with one attached hydrogen (secondary N) is 2. The molecule has 1 amide bonds. The first-order valence-corrected chi connectivity index (χ1v) is 6.73. The molecule has 1 aliphatic carbocycles. The van der Waals surface area contributed by atoms with Gasteiger partial charge in [-0.1, -0.05) is 12.8 Å². The van der Waals surface area contributed by atoms with E-state index in [0.717, 1.165) is 42.6 Å². The lowest BCUT2D eigenvalue weighted by Crippen LogP contribution is -2.39. The number of aliphatic hydroxyl groups is 1. The van der Waals surface area contributed by atoms with Gasteiger partial charge in [-0.25, -0.2) is 0 Å². The molecule has 1 fully saturated rings. The standard InChI is InChI=1S/C14H19N3O2/c15-10-5-9-6-13(19)16-11(9)7-12(10)17-14(8-18)3-1-2-4-14/h5,7,17-18H,1-4,6,8,15H2,(H,16,19). The summed E-state index contributed by atoms with van der Waals surface area (Å²) < 4.78 is 0. The second-order valence-electron chi connectivity index (χ2n) is 5.59. The Kier molecular flexibility index (Phi) is 2.86. The van der Waals surface area contributed by atoms with Gasteiger partial charge in [0.2, 0.25) is 5.91 Å². The van der Waals surface area contributed by atoms with Crippen molar-refractivity contribution >= 4 is 23.0 Å². The first-order valence-electron chi connectivity index (χ1n) is 6.73.